The Morgan fingerprint density at radius 3 is 2.53 bits per heavy atom. The van der Waals surface area contributed by atoms with Crippen LogP contribution in [0.4, 0.5) is 0 Å². The maximum Gasteiger partial charge on any atom is 0.223 e. The molecule has 0 aromatic carbocycles. The monoisotopic (exact) mass is 241 g/mol. The summed E-state index contributed by atoms with van der Waals surface area (Å²) in [4.78, 5) is 23.0. The highest BCUT2D eigenvalue weighted by atomic mass is 16.2. The third-order valence-electron chi connectivity index (χ3n) is 3.16. The molecule has 1 saturated heterocycles. The van der Waals surface area contributed by atoms with Crippen LogP contribution in [0.3, 0.4) is 0 Å². The van der Waals surface area contributed by atoms with E-state index in [1.54, 1.807) is 0 Å². The molecule has 98 valence electrons. The average molecular weight is 241 g/mol. The number of carbonyl (C=O) groups is 2. The highest BCUT2D eigenvalue weighted by Crippen LogP contribution is 2.15. The molecule has 0 radical (unpaired) electrons. The Morgan fingerprint density at radius 1 is 1.29 bits per heavy atom. The van der Waals surface area contributed by atoms with Crippen molar-refractivity contribution in [2.75, 3.05) is 26.2 Å². The zero-order valence-electron chi connectivity index (χ0n) is 10.7. The van der Waals surface area contributed by atoms with Gasteiger partial charge in [0.1, 0.15) is 0 Å². The molecule has 5 heteroatoms. The Hall–Kier alpha value is -1.10. The van der Waals surface area contributed by atoms with E-state index in [1.807, 2.05) is 13.8 Å². The van der Waals surface area contributed by atoms with E-state index in [-0.39, 0.29) is 17.7 Å². The Balaban J connectivity index is 2.08. The predicted octanol–water partition coefficient (Wildman–Crippen LogP) is -0.126. The topological polar surface area (TPSA) is 70.2 Å². The molecule has 5 nitrogen and oxygen atoms in total. The molecule has 3 N–H and O–H groups in total. The van der Waals surface area contributed by atoms with E-state index in [0.29, 0.717) is 25.4 Å². The van der Waals surface area contributed by atoms with Crippen molar-refractivity contribution < 1.29 is 9.59 Å². The van der Waals surface area contributed by atoms with Crippen molar-refractivity contribution in [3.8, 4) is 0 Å². The van der Waals surface area contributed by atoms with Gasteiger partial charge in [-0.15, -0.1) is 0 Å². The predicted molar refractivity (Wildman–Crippen MR) is 66.5 cm³/mol. The van der Waals surface area contributed by atoms with E-state index < -0.39 is 0 Å². The second-order valence-corrected chi connectivity index (χ2v) is 4.60. The van der Waals surface area contributed by atoms with Gasteiger partial charge in [-0.05, 0) is 25.4 Å². The van der Waals surface area contributed by atoms with Gasteiger partial charge in [-0.3, -0.25) is 9.59 Å². The lowest BCUT2D eigenvalue weighted by Crippen LogP contribution is -2.49. The lowest BCUT2D eigenvalue weighted by Gasteiger charge is -2.31. The summed E-state index contributed by atoms with van der Waals surface area (Å²) in [6.07, 6.45) is 1.30. The first kappa shape index (κ1) is 14.0. The zero-order chi connectivity index (χ0) is 12.7. The van der Waals surface area contributed by atoms with E-state index in [4.69, 9.17) is 0 Å². The Morgan fingerprint density at radius 2 is 2.00 bits per heavy atom. The fourth-order valence-corrected chi connectivity index (χ4v) is 1.69. The third kappa shape index (κ3) is 4.73. The van der Waals surface area contributed by atoms with Crippen molar-refractivity contribution in [3.05, 3.63) is 0 Å². The molecular formula is C12H23N3O2. The van der Waals surface area contributed by atoms with Gasteiger partial charge in [0, 0.05) is 25.4 Å². The minimum atomic E-state index is 0.00474. The molecular weight excluding hydrogens is 218 g/mol. The molecule has 1 aliphatic heterocycles. The normalized spacial score (nSPS) is 17.1. The van der Waals surface area contributed by atoms with Gasteiger partial charge in [0.2, 0.25) is 11.8 Å². The molecule has 17 heavy (non-hydrogen) atoms. The van der Waals surface area contributed by atoms with E-state index in [0.717, 1.165) is 19.5 Å². The van der Waals surface area contributed by atoms with Crippen LogP contribution >= 0.6 is 0 Å². The lowest BCUT2D eigenvalue weighted by atomic mass is 9.88. The maximum absolute atomic E-state index is 11.7. The second kappa shape index (κ2) is 7.27. The zero-order valence-corrected chi connectivity index (χ0v) is 10.7. The smallest absolute Gasteiger partial charge is 0.223 e. The molecule has 0 spiro atoms. The summed E-state index contributed by atoms with van der Waals surface area (Å²) < 4.78 is 0. The highest BCUT2D eigenvalue weighted by molar-refractivity contribution is 5.80. The van der Waals surface area contributed by atoms with Gasteiger partial charge >= 0.3 is 0 Å². The summed E-state index contributed by atoms with van der Waals surface area (Å²) in [6.45, 7) is 6.93. The first-order chi connectivity index (χ1) is 8.15. The fourth-order valence-electron chi connectivity index (χ4n) is 1.69. The molecule has 0 aromatic heterocycles. The molecule has 0 bridgehead atoms. The first-order valence-corrected chi connectivity index (χ1v) is 6.40. The number of hydrogen-bond donors (Lipinski definition) is 3. The van der Waals surface area contributed by atoms with Crippen molar-refractivity contribution in [1.29, 1.82) is 0 Å². The standard InChI is InChI=1S/C12H23N3O2/c1-3-5-14-11(16)4-6-15-12(17)9(2)10-7-13-8-10/h9-10,13H,3-8H2,1-2H3,(H,14,16)(H,15,17). The van der Waals surface area contributed by atoms with Crippen molar-refractivity contribution >= 4 is 11.8 Å². The summed E-state index contributed by atoms with van der Waals surface area (Å²) >= 11 is 0. The number of carbonyl (C=O) groups excluding carboxylic acids is 2. The molecule has 0 aliphatic carbocycles. The van der Waals surface area contributed by atoms with Gasteiger partial charge in [-0.1, -0.05) is 13.8 Å². The quantitative estimate of drug-likeness (QED) is 0.582. The second-order valence-electron chi connectivity index (χ2n) is 4.60. The van der Waals surface area contributed by atoms with Crippen LogP contribution in [0.2, 0.25) is 0 Å². The third-order valence-corrected chi connectivity index (χ3v) is 3.16. The Bertz CT molecular complexity index is 264. The van der Waals surface area contributed by atoms with Gasteiger partial charge in [0.15, 0.2) is 0 Å². The van der Waals surface area contributed by atoms with Crippen LogP contribution in [0, 0.1) is 11.8 Å². The van der Waals surface area contributed by atoms with E-state index in [2.05, 4.69) is 16.0 Å². The fraction of sp³-hybridized carbons (Fsp3) is 0.833. The van der Waals surface area contributed by atoms with E-state index in [9.17, 15) is 9.59 Å². The number of nitrogens with one attached hydrogen (secondary N) is 3. The van der Waals surface area contributed by atoms with Gasteiger partial charge < -0.3 is 16.0 Å². The lowest BCUT2D eigenvalue weighted by molar-refractivity contribution is -0.126. The molecule has 1 atom stereocenters. The van der Waals surface area contributed by atoms with Gasteiger partial charge in [-0.2, -0.15) is 0 Å². The van der Waals surface area contributed by atoms with Gasteiger partial charge in [0.05, 0.1) is 0 Å². The molecule has 1 aliphatic rings. The van der Waals surface area contributed by atoms with Crippen LogP contribution in [0.15, 0.2) is 0 Å². The number of hydrogen-bond acceptors (Lipinski definition) is 3. The number of rotatable bonds is 7. The van der Waals surface area contributed by atoms with Crippen molar-refractivity contribution in [2.45, 2.75) is 26.7 Å². The summed E-state index contributed by atoms with van der Waals surface area (Å²) in [5, 5.41) is 8.74. The van der Waals surface area contributed by atoms with Crippen molar-refractivity contribution in [1.82, 2.24) is 16.0 Å². The molecule has 0 aromatic rings. The van der Waals surface area contributed by atoms with E-state index in [1.165, 1.54) is 0 Å². The average Bonchev–Trinajstić information content (AvgIpc) is 2.23. The largest absolute Gasteiger partial charge is 0.356 e. The molecule has 1 unspecified atom stereocenters. The molecule has 2 amide bonds. The van der Waals surface area contributed by atoms with Crippen LogP contribution in [0.25, 0.3) is 0 Å². The van der Waals surface area contributed by atoms with Gasteiger partial charge in [-0.25, -0.2) is 0 Å². The molecule has 0 saturated carbocycles. The maximum atomic E-state index is 11.7. The summed E-state index contributed by atoms with van der Waals surface area (Å²) in [5.41, 5.74) is 0. The van der Waals surface area contributed by atoms with E-state index >= 15 is 0 Å². The SMILES string of the molecule is CCCNC(=O)CCNC(=O)C(C)C1CNC1. The van der Waals surface area contributed by atoms with Gasteiger partial charge in [0.25, 0.3) is 0 Å². The summed E-state index contributed by atoms with van der Waals surface area (Å²) in [7, 11) is 0. The minimum Gasteiger partial charge on any atom is -0.356 e. The Kier molecular flexibility index (Phi) is 5.97. The molecule has 1 rings (SSSR count). The van der Waals surface area contributed by atoms with Crippen LogP contribution in [0.1, 0.15) is 26.7 Å². The highest BCUT2D eigenvalue weighted by Gasteiger charge is 2.28. The van der Waals surface area contributed by atoms with Crippen LogP contribution in [-0.2, 0) is 9.59 Å². The summed E-state index contributed by atoms with van der Waals surface area (Å²) in [6, 6.07) is 0. The summed E-state index contributed by atoms with van der Waals surface area (Å²) in [5.74, 6) is 0.545. The first-order valence-electron chi connectivity index (χ1n) is 6.40. The van der Waals surface area contributed by atoms with Crippen LogP contribution in [-0.4, -0.2) is 38.0 Å². The molecule has 1 heterocycles. The molecule has 1 fully saturated rings. The number of amides is 2. The minimum absolute atomic E-state index is 0.00474. The van der Waals surface area contributed by atoms with Crippen molar-refractivity contribution in [2.24, 2.45) is 11.8 Å². The Labute approximate surface area is 103 Å². The van der Waals surface area contributed by atoms with Crippen molar-refractivity contribution in [3.63, 3.8) is 0 Å². The van der Waals surface area contributed by atoms with Crippen LogP contribution in [0.5, 0.6) is 0 Å². The van der Waals surface area contributed by atoms with Crippen LogP contribution < -0.4 is 16.0 Å².